The van der Waals surface area contributed by atoms with Gasteiger partial charge in [-0.3, -0.25) is 0 Å². The van der Waals surface area contributed by atoms with Crippen molar-refractivity contribution >= 4 is 17.4 Å². The van der Waals surface area contributed by atoms with Gasteiger partial charge in [-0.1, -0.05) is 17.7 Å². The Morgan fingerprint density at radius 3 is 2.67 bits per heavy atom. The van der Waals surface area contributed by atoms with E-state index in [0.717, 1.165) is 0 Å². The lowest BCUT2D eigenvalue weighted by Gasteiger charge is -2.15. The molecule has 0 amide bonds. The van der Waals surface area contributed by atoms with Gasteiger partial charge in [0, 0.05) is 12.7 Å². The first-order chi connectivity index (χ1) is 10.2. The fourth-order valence-electron chi connectivity index (χ4n) is 1.89. The van der Waals surface area contributed by atoms with Crippen molar-refractivity contribution in [3.8, 4) is 11.5 Å². The Morgan fingerprint density at radius 1 is 1.24 bits per heavy atom. The minimum Gasteiger partial charge on any atom is -0.493 e. The molecule has 0 saturated carbocycles. The smallest absolute Gasteiger partial charge is 0.161 e. The normalized spacial score (nSPS) is 11.8. The number of hydrogen-bond acceptors (Lipinski definition) is 5. The summed E-state index contributed by atoms with van der Waals surface area (Å²) in [7, 11) is 3.12. The van der Waals surface area contributed by atoms with Gasteiger partial charge >= 0.3 is 0 Å². The van der Waals surface area contributed by atoms with Crippen LogP contribution in [0.2, 0.25) is 5.02 Å². The monoisotopic (exact) mass is 308 g/mol. The highest BCUT2D eigenvalue weighted by Gasteiger charge is 2.12. The average molecular weight is 309 g/mol. The molecular weight excluding hydrogens is 292 g/mol. The highest BCUT2D eigenvalue weighted by Crippen LogP contribution is 2.30. The molecule has 0 fully saturated rings. The summed E-state index contributed by atoms with van der Waals surface area (Å²) in [5.74, 6) is 1.73. The first-order valence-electron chi connectivity index (χ1n) is 6.40. The standard InChI is InChI=1S/C15H17ClN2O3/c1-20-13-6-5-10(8-14(13)21-2)12(19)9-18-15-11(16)4-3-7-17-15/h3-8,12,19H,9H2,1-2H3,(H,17,18)/t12-/m0/s1. The minimum atomic E-state index is -0.720. The van der Waals surface area contributed by atoms with Gasteiger partial charge in [0.15, 0.2) is 11.5 Å². The van der Waals surface area contributed by atoms with Crippen LogP contribution in [0.15, 0.2) is 36.5 Å². The summed E-state index contributed by atoms with van der Waals surface area (Å²) in [6.07, 6.45) is 0.916. The van der Waals surface area contributed by atoms with Gasteiger partial charge in [-0.25, -0.2) is 4.98 Å². The topological polar surface area (TPSA) is 63.6 Å². The zero-order valence-electron chi connectivity index (χ0n) is 11.8. The Labute approximate surface area is 128 Å². The molecule has 0 aliphatic carbocycles. The molecule has 2 aromatic rings. The van der Waals surface area contributed by atoms with Gasteiger partial charge in [0.25, 0.3) is 0 Å². The first kappa shape index (κ1) is 15.4. The predicted molar refractivity (Wildman–Crippen MR) is 82.2 cm³/mol. The molecule has 1 aromatic carbocycles. The van der Waals surface area contributed by atoms with Gasteiger partial charge in [-0.2, -0.15) is 0 Å². The molecule has 2 rings (SSSR count). The van der Waals surface area contributed by atoms with E-state index in [1.165, 1.54) is 0 Å². The average Bonchev–Trinajstić information content (AvgIpc) is 2.53. The molecule has 21 heavy (non-hydrogen) atoms. The molecule has 0 aliphatic rings. The van der Waals surface area contributed by atoms with Crippen molar-refractivity contribution in [1.82, 2.24) is 4.98 Å². The SMILES string of the molecule is COc1ccc([C@@H](O)CNc2ncccc2Cl)cc1OC. The number of halogens is 1. The number of anilines is 1. The van der Waals surface area contributed by atoms with Crippen LogP contribution in [-0.2, 0) is 0 Å². The number of nitrogens with zero attached hydrogens (tertiary/aromatic N) is 1. The zero-order valence-corrected chi connectivity index (χ0v) is 12.6. The number of pyridine rings is 1. The minimum absolute atomic E-state index is 0.284. The number of hydrogen-bond donors (Lipinski definition) is 2. The van der Waals surface area contributed by atoms with Crippen LogP contribution in [0.25, 0.3) is 0 Å². The number of methoxy groups -OCH3 is 2. The van der Waals surface area contributed by atoms with E-state index in [2.05, 4.69) is 10.3 Å². The summed E-state index contributed by atoms with van der Waals surface area (Å²) < 4.78 is 10.4. The summed E-state index contributed by atoms with van der Waals surface area (Å²) in [5.41, 5.74) is 0.715. The second kappa shape index (κ2) is 7.15. The van der Waals surface area contributed by atoms with Crippen LogP contribution in [0.4, 0.5) is 5.82 Å². The molecule has 0 saturated heterocycles. The van der Waals surface area contributed by atoms with Crippen LogP contribution >= 0.6 is 11.6 Å². The van der Waals surface area contributed by atoms with E-state index in [4.69, 9.17) is 21.1 Å². The third kappa shape index (κ3) is 3.77. The summed E-state index contributed by atoms with van der Waals surface area (Å²) in [6, 6.07) is 8.77. The van der Waals surface area contributed by atoms with Gasteiger partial charge in [0.05, 0.1) is 25.3 Å². The van der Waals surface area contributed by atoms with E-state index in [0.29, 0.717) is 27.9 Å². The second-order valence-electron chi connectivity index (χ2n) is 4.34. The molecule has 112 valence electrons. The van der Waals surface area contributed by atoms with Gasteiger partial charge in [0.1, 0.15) is 5.82 Å². The highest BCUT2D eigenvalue weighted by atomic mass is 35.5. The van der Waals surface area contributed by atoms with Gasteiger partial charge in [0.2, 0.25) is 0 Å². The van der Waals surface area contributed by atoms with E-state index in [9.17, 15) is 5.11 Å². The van der Waals surface area contributed by atoms with Crippen molar-refractivity contribution in [2.45, 2.75) is 6.10 Å². The number of aliphatic hydroxyl groups excluding tert-OH is 1. The molecule has 0 aliphatic heterocycles. The van der Waals surface area contributed by atoms with Crippen LogP contribution in [0.5, 0.6) is 11.5 Å². The third-order valence-electron chi connectivity index (χ3n) is 3.01. The number of benzene rings is 1. The maximum Gasteiger partial charge on any atom is 0.161 e. The molecule has 2 N–H and O–H groups in total. The van der Waals surface area contributed by atoms with Crippen LogP contribution < -0.4 is 14.8 Å². The summed E-state index contributed by atoms with van der Waals surface area (Å²) in [4.78, 5) is 4.11. The lowest BCUT2D eigenvalue weighted by atomic mass is 10.1. The van der Waals surface area contributed by atoms with Crippen molar-refractivity contribution in [2.75, 3.05) is 26.1 Å². The molecule has 0 bridgehead atoms. The van der Waals surface area contributed by atoms with Crippen molar-refractivity contribution < 1.29 is 14.6 Å². The van der Waals surface area contributed by atoms with Gasteiger partial charge < -0.3 is 19.9 Å². The van der Waals surface area contributed by atoms with Gasteiger partial charge in [-0.05, 0) is 29.8 Å². The Morgan fingerprint density at radius 2 is 2.00 bits per heavy atom. The molecule has 1 heterocycles. The second-order valence-corrected chi connectivity index (χ2v) is 4.75. The number of ether oxygens (including phenoxy) is 2. The molecule has 0 unspecified atom stereocenters. The van der Waals surface area contributed by atoms with Crippen LogP contribution in [0.1, 0.15) is 11.7 Å². The van der Waals surface area contributed by atoms with Crippen molar-refractivity contribution in [1.29, 1.82) is 0 Å². The molecule has 6 heteroatoms. The van der Waals surface area contributed by atoms with Crippen molar-refractivity contribution in [3.63, 3.8) is 0 Å². The Bertz CT molecular complexity index is 607. The van der Waals surface area contributed by atoms with Gasteiger partial charge in [-0.15, -0.1) is 0 Å². The van der Waals surface area contributed by atoms with Crippen molar-refractivity contribution in [2.24, 2.45) is 0 Å². The summed E-state index contributed by atoms with van der Waals surface area (Å²) in [6.45, 7) is 0.284. The summed E-state index contributed by atoms with van der Waals surface area (Å²) >= 11 is 6.00. The first-order valence-corrected chi connectivity index (χ1v) is 6.78. The fraction of sp³-hybridized carbons (Fsp3) is 0.267. The van der Waals surface area contributed by atoms with E-state index in [-0.39, 0.29) is 6.54 Å². The van der Waals surface area contributed by atoms with Crippen LogP contribution in [0.3, 0.4) is 0 Å². The lowest BCUT2D eigenvalue weighted by molar-refractivity contribution is 0.191. The quantitative estimate of drug-likeness (QED) is 0.859. The lowest BCUT2D eigenvalue weighted by Crippen LogP contribution is -2.13. The number of nitrogens with one attached hydrogen (secondary N) is 1. The van der Waals surface area contributed by atoms with E-state index < -0.39 is 6.10 Å². The number of aromatic nitrogens is 1. The predicted octanol–water partition coefficient (Wildman–Crippen LogP) is 2.90. The Kier molecular flexibility index (Phi) is 5.25. The molecule has 0 spiro atoms. The molecule has 1 aromatic heterocycles. The maximum atomic E-state index is 10.2. The number of rotatable bonds is 6. The largest absolute Gasteiger partial charge is 0.493 e. The van der Waals surface area contributed by atoms with E-state index in [1.54, 1.807) is 50.7 Å². The van der Waals surface area contributed by atoms with E-state index >= 15 is 0 Å². The van der Waals surface area contributed by atoms with Crippen molar-refractivity contribution in [3.05, 3.63) is 47.1 Å². The molecule has 0 radical (unpaired) electrons. The zero-order chi connectivity index (χ0) is 15.2. The van der Waals surface area contributed by atoms with Crippen LogP contribution in [0, 0.1) is 0 Å². The van der Waals surface area contributed by atoms with Crippen LogP contribution in [-0.4, -0.2) is 30.9 Å². The number of aliphatic hydroxyl groups is 1. The highest BCUT2D eigenvalue weighted by molar-refractivity contribution is 6.32. The third-order valence-corrected chi connectivity index (χ3v) is 3.32. The molecule has 5 nitrogen and oxygen atoms in total. The van der Waals surface area contributed by atoms with E-state index in [1.807, 2.05) is 0 Å². The summed E-state index contributed by atoms with van der Waals surface area (Å²) in [5, 5.41) is 13.7. The maximum absolute atomic E-state index is 10.2. The molecule has 1 atom stereocenters. The fourth-order valence-corrected chi connectivity index (χ4v) is 2.08. The Hall–Kier alpha value is -1.98. The Balaban J connectivity index is 2.06. The molecular formula is C15H17ClN2O3.